The minimum atomic E-state index is -0.901. The molecule has 0 bridgehead atoms. The summed E-state index contributed by atoms with van der Waals surface area (Å²) in [6.07, 6.45) is 2.06. The molecule has 2 heterocycles. The molecule has 1 aliphatic heterocycles. The fourth-order valence-corrected chi connectivity index (χ4v) is 2.78. The van der Waals surface area contributed by atoms with Crippen molar-refractivity contribution in [3.05, 3.63) is 47.1 Å². The maximum Gasteiger partial charge on any atom is 0.335 e. The van der Waals surface area contributed by atoms with E-state index in [2.05, 4.69) is 15.0 Å². The van der Waals surface area contributed by atoms with Gasteiger partial charge in [0.2, 0.25) is 5.89 Å². The molecule has 6 nitrogen and oxygen atoms in total. The SMILES string of the molecule is Cc1noc(C2CCCN2Cc2cccc(C(=O)O)c2)n1. The van der Waals surface area contributed by atoms with E-state index in [0.717, 1.165) is 24.9 Å². The van der Waals surface area contributed by atoms with Crippen LogP contribution in [0.1, 0.15) is 46.5 Å². The van der Waals surface area contributed by atoms with E-state index in [4.69, 9.17) is 9.63 Å². The van der Waals surface area contributed by atoms with Crippen molar-refractivity contribution >= 4 is 5.97 Å². The maximum absolute atomic E-state index is 11.0. The third-order valence-corrected chi connectivity index (χ3v) is 3.75. The summed E-state index contributed by atoms with van der Waals surface area (Å²) in [5.41, 5.74) is 1.30. The third-order valence-electron chi connectivity index (χ3n) is 3.75. The predicted molar refractivity (Wildman–Crippen MR) is 74.8 cm³/mol. The van der Waals surface area contributed by atoms with Crippen molar-refractivity contribution in [3.63, 3.8) is 0 Å². The molecule has 2 aromatic rings. The van der Waals surface area contributed by atoms with E-state index < -0.39 is 5.97 Å². The molecule has 1 aromatic heterocycles. The number of aromatic nitrogens is 2. The average Bonchev–Trinajstić information content (AvgIpc) is 3.08. The van der Waals surface area contributed by atoms with Gasteiger partial charge in [0.05, 0.1) is 11.6 Å². The van der Waals surface area contributed by atoms with Gasteiger partial charge in [0.25, 0.3) is 0 Å². The van der Waals surface area contributed by atoms with Gasteiger partial charge in [-0.3, -0.25) is 4.90 Å². The Bertz CT molecular complexity index is 653. The maximum atomic E-state index is 11.0. The van der Waals surface area contributed by atoms with Crippen LogP contribution < -0.4 is 0 Å². The van der Waals surface area contributed by atoms with Crippen LogP contribution in [0.2, 0.25) is 0 Å². The van der Waals surface area contributed by atoms with Crippen LogP contribution in [0.25, 0.3) is 0 Å². The molecule has 110 valence electrons. The molecule has 6 heteroatoms. The lowest BCUT2D eigenvalue weighted by atomic mass is 10.1. The van der Waals surface area contributed by atoms with Crippen molar-refractivity contribution in [1.82, 2.24) is 15.0 Å². The van der Waals surface area contributed by atoms with Gasteiger partial charge >= 0.3 is 5.97 Å². The zero-order valence-electron chi connectivity index (χ0n) is 11.8. The van der Waals surface area contributed by atoms with Crippen LogP contribution in [-0.2, 0) is 6.54 Å². The smallest absolute Gasteiger partial charge is 0.335 e. The van der Waals surface area contributed by atoms with Gasteiger partial charge in [-0.05, 0) is 44.0 Å². The standard InChI is InChI=1S/C15H17N3O3/c1-10-16-14(21-17-10)13-6-3-7-18(13)9-11-4-2-5-12(8-11)15(19)20/h2,4-5,8,13H,3,6-7,9H2,1H3,(H,19,20). The molecule has 1 atom stereocenters. The summed E-state index contributed by atoms with van der Waals surface area (Å²) < 4.78 is 5.28. The van der Waals surface area contributed by atoms with Gasteiger partial charge in [-0.1, -0.05) is 17.3 Å². The number of aryl methyl sites for hydroxylation is 1. The van der Waals surface area contributed by atoms with E-state index >= 15 is 0 Å². The van der Waals surface area contributed by atoms with Crippen molar-refractivity contribution < 1.29 is 14.4 Å². The molecule has 0 radical (unpaired) electrons. The molecule has 21 heavy (non-hydrogen) atoms. The highest BCUT2D eigenvalue weighted by Gasteiger charge is 2.30. The number of aromatic carboxylic acids is 1. The number of benzene rings is 1. The summed E-state index contributed by atoms with van der Waals surface area (Å²) in [5, 5.41) is 12.9. The van der Waals surface area contributed by atoms with Gasteiger partial charge in [0.1, 0.15) is 0 Å². The second kappa shape index (κ2) is 5.65. The lowest BCUT2D eigenvalue weighted by Gasteiger charge is -2.21. The van der Waals surface area contributed by atoms with Crippen LogP contribution in [0.3, 0.4) is 0 Å². The van der Waals surface area contributed by atoms with E-state index in [1.54, 1.807) is 18.2 Å². The first-order valence-electron chi connectivity index (χ1n) is 7.00. The molecule has 0 amide bonds. The first-order valence-corrected chi connectivity index (χ1v) is 7.00. The van der Waals surface area contributed by atoms with Crippen LogP contribution >= 0.6 is 0 Å². The van der Waals surface area contributed by atoms with Crippen LogP contribution in [0, 0.1) is 6.92 Å². The Morgan fingerprint density at radius 1 is 1.52 bits per heavy atom. The van der Waals surface area contributed by atoms with Crippen LogP contribution in [-0.4, -0.2) is 32.7 Å². The number of nitrogens with zero attached hydrogens (tertiary/aromatic N) is 3. The number of hydrogen-bond acceptors (Lipinski definition) is 5. The van der Waals surface area contributed by atoms with Crippen molar-refractivity contribution in [2.24, 2.45) is 0 Å². The Morgan fingerprint density at radius 2 is 2.38 bits per heavy atom. The topological polar surface area (TPSA) is 79.5 Å². The zero-order chi connectivity index (χ0) is 14.8. The van der Waals surface area contributed by atoms with Crippen molar-refractivity contribution in [2.45, 2.75) is 32.4 Å². The summed E-state index contributed by atoms with van der Waals surface area (Å²) in [6, 6.07) is 7.17. The molecule has 1 N–H and O–H groups in total. The Kier molecular flexibility index (Phi) is 3.70. The highest BCUT2D eigenvalue weighted by atomic mass is 16.5. The Hall–Kier alpha value is -2.21. The van der Waals surface area contributed by atoms with E-state index in [1.165, 1.54) is 0 Å². The fourth-order valence-electron chi connectivity index (χ4n) is 2.78. The molecule has 3 rings (SSSR count). The molecular formula is C15H17N3O3. The van der Waals surface area contributed by atoms with Crippen LogP contribution in [0.4, 0.5) is 0 Å². The van der Waals surface area contributed by atoms with Gasteiger partial charge in [0.15, 0.2) is 5.82 Å². The van der Waals surface area contributed by atoms with Gasteiger partial charge < -0.3 is 9.63 Å². The fraction of sp³-hybridized carbons (Fsp3) is 0.400. The number of likely N-dealkylation sites (tertiary alicyclic amines) is 1. The molecule has 1 aromatic carbocycles. The quantitative estimate of drug-likeness (QED) is 0.930. The number of carboxylic acids is 1. The molecule has 0 saturated carbocycles. The second-order valence-corrected chi connectivity index (χ2v) is 5.31. The molecule has 1 saturated heterocycles. The van der Waals surface area contributed by atoms with Crippen LogP contribution in [0.15, 0.2) is 28.8 Å². The lowest BCUT2D eigenvalue weighted by Crippen LogP contribution is -2.23. The summed E-state index contributed by atoms with van der Waals surface area (Å²) in [6.45, 7) is 3.44. The summed E-state index contributed by atoms with van der Waals surface area (Å²) in [5.74, 6) is 0.395. The molecule has 1 unspecified atom stereocenters. The normalized spacial score (nSPS) is 19.0. The number of rotatable bonds is 4. The first kappa shape index (κ1) is 13.8. The Balaban J connectivity index is 1.77. The minimum Gasteiger partial charge on any atom is -0.478 e. The minimum absolute atomic E-state index is 0.125. The Morgan fingerprint density at radius 3 is 3.10 bits per heavy atom. The number of carbonyl (C=O) groups is 1. The second-order valence-electron chi connectivity index (χ2n) is 5.31. The zero-order valence-corrected chi connectivity index (χ0v) is 11.8. The predicted octanol–water partition coefficient (Wildman–Crippen LogP) is 2.41. The molecule has 1 aliphatic rings. The third kappa shape index (κ3) is 2.95. The largest absolute Gasteiger partial charge is 0.478 e. The molecule has 1 fully saturated rings. The Labute approximate surface area is 122 Å². The van der Waals surface area contributed by atoms with Gasteiger partial charge in [0, 0.05) is 6.54 Å². The van der Waals surface area contributed by atoms with E-state index in [-0.39, 0.29) is 6.04 Å². The highest BCUT2D eigenvalue weighted by molar-refractivity contribution is 5.87. The van der Waals surface area contributed by atoms with Gasteiger partial charge in [-0.15, -0.1) is 0 Å². The summed E-state index contributed by atoms with van der Waals surface area (Å²) in [4.78, 5) is 17.6. The first-order chi connectivity index (χ1) is 10.1. The molecular weight excluding hydrogens is 270 g/mol. The molecule has 0 spiro atoms. The van der Waals surface area contributed by atoms with Crippen molar-refractivity contribution in [3.8, 4) is 0 Å². The molecule has 0 aliphatic carbocycles. The average molecular weight is 287 g/mol. The van der Waals surface area contributed by atoms with Crippen molar-refractivity contribution in [2.75, 3.05) is 6.54 Å². The summed E-state index contributed by atoms with van der Waals surface area (Å²) >= 11 is 0. The lowest BCUT2D eigenvalue weighted by molar-refractivity contribution is 0.0696. The van der Waals surface area contributed by atoms with Crippen molar-refractivity contribution in [1.29, 1.82) is 0 Å². The van der Waals surface area contributed by atoms with Crippen LogP contribution in [0.5, 0.6) is 0 Å². The van der Waals surface area contributed by atoms with Gasteiger partial charge in [-0.25, -0.2) is 4.79 Å². The number of carboxylic acid groups (broad SMARTS) is 1. The van der Waals surface area contributed by atoms with E-state index in [0.29, 0.717) is 23.8 Å². The summed E-state index contributed by atoms with van der Waals surface area (Å²) in [7, 11) is 0. The highest BCUT2D eigenvalue weighted by Crippen LogP contribution is 2.32. The van der Waals surface area contributed by atoms with E-state index in [9.17, 15) is 4.79 Å². The number of hydrogen-bond donors (Lipinski definition) is 1. The van der Waals surface area contributed by atoms with Gasteiger partial charge in [-0.2, -0.15) is 4.98 Å². The monoisotopic (exact) mass is 287 g/mol. The van der Waals surface area contributed by atoms with E-state index in [1.807, 2.05) is 13.0 Å².